The molecular weight excluding hydrogens is 209 g/mol. The Hall–Kier alpha value is -0.600. The van der Waals surface area contributed by atoms with E-state index in [-0.39, 0.29) is 0 Å². The van der Waals surface area contributed by atoms with Crippen molar-refractivity contribution in [2.75, 3.05) is 19.0 Å². The molecule has 72 valence electrons. The topological polar surface area (TPSA) is 21.3 Å². The molecule has 0 aliphatic rings. The van der Waals surface area contributed by atoms with Crippen molar-refractivity contribution >= 4 is 28.9 Å². The predicted molar refractivity (Wildman–Crippen MR) is 57.2 cm³/mol. The largest absolute Gasteiger partial charge is 0.494 e. The molecule has 0 amide bonds. The number of nitrogens with one attached hydrogen (secondary N) is 1. The van der Waals surface area contributed by atoms with Gasteiger partial charge in [0.2, 0.25) is 0 Å². The fraction of sp³-hybridized carbons (Fsp3) is 0.333. The lowest BCUT2D eigenvalue weighted by Crippen LogP contribution is -1.97. The van der Waals surface area contributed by atoms with Gasteiger partial charge >= 0.3 is 0 Å². The van der Waals surface area contributed by atoms with Crippen molar-refractivity contribution in [3.8, 4) is 5.75 Å². The molecule has 0 bridgehead atoms. The Morgan fingerprint density at radius 1 is 1.31 bits per heavy atom. The third kappa shape index (κ3) is 2.42. The van der Waals surface area contributed by atoms with Crippen molar-refractivity contribution in [3.63, 3.8) is 0 Å². The van der Waals surface area contributed by atoms with Crippen molar-refractivity contribution in [3.05, 3.63) is 22.2 Å². The highest BCUT2D eigenvalue weighted by molar-refractivity contribution is 6.37. The Bertz CT molecular complexity index is 279. The SMILES string of the molecule is CCNc1cc(Cl)c(OC)c(Cl)c1. The molecular formula is C9H11Cl2NO. The maximum Gasteiger partial charge on any atom is 0.156 e. The molecule has 0 aliphatic heterocycles. The highest BCUT2D eigenvalue weighted by Gasteiger charge is 2.07. The van der Waals surface area contributed by atoms with Gasteiger partial charge in [-0.15, -0.1) is 0 Å². The van der Waals surface area contributed by atoms with Gasteiger partial charge in [0, 0.05) is 12.2 Å². The Kier molecular flexibility index (Phi) is 3.70. The average molecular weight is 220 g/mol. The zero-order valence-corrected chi connectivity index (χ0v) is 9.04. The van der Waals surface area contributed by atoms with E-state index in [9.17, 15) is 0 Å². The van der Waals surface area contributed by atoms with E-state index in [1.807, 2.05) is 6.92 Å². The van der Waals surface area contributed by atoms with Gasteiger partial charge < -0.3 is 10.1 Å². The van der Waals surface area contributed by atoms with Crippen LogP contribution < -0.4 is 10.1 Å². The highest BCUT2D eigenvalue weighted by Crippen LogP contribution is 2.35. The number of benzene rings is 1. The standard InChI is InChI=1S/C9H11Cl2NO/c1-3-12-6-4-7(10)9(13-2)8(11)5-6/h4-5,12H,3H2,1-2H3. The molecule has 4 heteroatoms. The molecule has 1 N–H and O–H groups in total. The van der Waals surface area contributed by atoms with E-state index in [0.717, 1.165) is 12.2 Å². The van der Waals surface area contributed by atoms with E-state index in [0.29, 0.717) is 15.8 Å². The molecule has 1 rings (SSSR count). The zero-order valence-electron chi connectivity index (χ0n) is 7.53. The monoisotopic (exact) mass is 219 g/mol. The summed E-state index contributed by atoms with van der Waals surface area (Å²) in [6.07, 6.45) is 0. The summed E-state index contributed by atoms with van der Waals surface area (Å²) < 4.78 is 5.02. The molecule has 0 heterocycles. The number of rotatable bonds is 3. The number of hydrogen-bond acceptors (Lipinski definition) is 2. The van der Waals surface area contributed by atoms with E-state index in [2.05, 4.69) is 5.32 Å². The van der Waals surface area contributed by atoms with Crippen molar-refractivity contribution < 1.29 is 4.74 Å². The number of hydrogen-bond donors (Lipinski definition) is 1. The zero-order chi connectivity index (χ0) is 9.84. The van der Waals surface area contributed by atoms with Crippen LogP contribution in [0.15, 0.2) is 12.1 Å². The summed E-state index contributed by atoms with van der Waals surface area (Å²) in [7, 11) is 1.54. The van der Waals surface area contributed by atoms with Gasteiger partial charge in [-0.1, -0.05) is 23.2 Å². The molecule has 1 aromatic rings. The van der Waals surface area contributed by atoms with Crippen LogP contribution in [0.3, 0.4) is 0 Å². The van der Waals surface area contributed by atoms with Gasteiger partial charge in [0.15, 0.2) is 5.75 Å². The van der Waals surface area contributed by atoms with Crippen LogP contribution in [-0.2, 0) is 0 Å². The van der Waals surface area contributed by atoms with Crippen LogP contribution in [0, 0.1) is 0 Å². The maximum absolute atomic E-state index is 5.92. The third-order valence-corrected chi connectivity index (χ3v) is 2.14. The van der Waals surface area contributed by atoms with Crippen LogP contribution in [0.2, 0.25) is 10.0 Å². The molecule has 0 radical (unpaired) electrons. The molecule has 0 aromatic heterocycles. The van der Waals surface area contributed by atoms with E-state index in [1.165, 1.54) is 0 Å². The molecule has 2 nitrogen and oxygen atoms in total. The summed E-state index contributed by atoms with van der Waals surface area (Å²) in [4.78, 5) is 0. The second-order valence-corrected chi connectivity index (χ2v) is 3.32. The quantitative estimate of drug-likeness (QED) is 0.842. The molecule has 0 aliphatic carbocycles. The summed E-state index contributed by atoms with van der Waals surface area (Å²) in [6, 6.07) is 3.57. The lowest BCUT2D eigenvalue weighted by atomic mass is 10.3. The Morgan fingerprint density at radius 2 is 1.85 bits per heavy atom. The van der Waals surface area contributed by atoms with E-state index in [4.69, 9.17) is 27.9 Å². The summed E-state index contributed by atoms with van der Waals surface area (Å²) >= 11 is 11.8. The van der Waals surface area contributed by atoms with Crippen molar-refractivity contribution in [2.45, 2.75) is 6.92 Å². The molecule has 13 heavy (non-hydrogen) atoms. The minimum atomic E-state index is 0.519. The van der Waals surface area contributed by atoms with Crippen LogP contribution in [0.1, 0.15) is 6.92 Å². The van der Waals surface area contributed by atoms with Crippen LogP contribution in [0.25, 0.3) is 0 Å². The fourth-order valence-corrected chi connectivity index (χ4v) is 1.70. The predicted octanol–water partition coefficient (Wildman–Crippen LogP) is 3.43. The van der Waals surface area contributed by atoms with Crippen LogP contribution in [-0.4, -0.2) is 13.7 Å². The molecule has 1 aromatic carbocycles. The van der Waals surface area contributed by atoms with Gasteiger partial charge in [0.05, 0.1) is 17.2 Å². The highest BCUT2D eigenvalue weighted by atomic mass is 35.5. The van der Waals surface area contributed by atoms with Gasteiger partial charge in [-0.3, -0.25) is 0 Å². The molecule has 0 atom stereocenters. The molecule has 0 saturated heterocycles. The van der Waals surface area contributed by atoms with E-state index in [1.54, 1.807) is 19.2 Å². The normalized spacial score (nSPS) is 9.85. The van der Waals surface area contributed by atoms with Crippen LogP contribution in [0.5, 0.6) is 5.75 Å². The van der Waals surface area contributed by atoms with Gasteiger partial charge in [-0.25, -0.2) is 0 Å². The van der Waals surface area contributed by atoms with E-state index < -0.39 is 0 Å². The summed E-state index contributed by atoms with van der Waals surface area (Å²) in [5.41, 5.74) is 0.901. The Morgan fingerprint density at radius 3 is 2.23 bits per heavy atom. The van der Waals surface area contributed by atoms with Crippen LogP contribution >= 0.6 is 23.2 Å². The number of halogens is 2. The number of ether oxygens (including phenoxy) is 1. The van der Waals surface area contributed by atoms with Crippen molar-refractivity contribution in [1.82, 2.24) is 0 Å². The number of anilines is 1. The minimum absolute atomic E-state index is 0.519. The molecule has 0 fully saturated rings. The first-order valence-electron chi connectivity index (χ1n) is 3.96. The van der Waals surface area contributed by atoms with Gasteiger partial charge in [-0.05, 0) is 19.1 Å². The number of methoxy groups -OCH3 is 1. The van der Waals surface area contributed by atoms with Gasteiger partial charge in [-0.2, -0.15) is 0 Å². The first-order valence-corrected chi connectivity index (χ1v) is 4.71. The second kappa shape index (κ2) is 4.58. The fourth-order valence-electron chi connectivity index (χ4n) is 1.06. The first-order chi connectivity index (χ1) is 6.19. The Balaban J connectivity index is 3.05. The van der Waals surface area contributed by atoms with Crippen molar-refractivity contribution in [2.24, 2.45) is 0 Å². The molecule has 0 unspecified atom stereocenters. The van der Waals surface area contributed by atoms with Crippen molar-refractivity contribution in [1.29, 1.82) is 0 Å². The van der Waals surface area contributed by atoms with Crippen LogP contribution in [0.4, 0.5) is 5.69 Å². The second-order valence-electron chi connectivity index (χ2n) is 2.50. The maximum atomic E-state index is 5.92. The molecule has 0 spiro atoms. The summed E-state index contributed by atoms with van der Waals surface area (Å²) in [5, 5.41) is 4.15. The summed E-state index contributed by atoms with van der Waals surface area (Å²) in [5.74, 6) is 0.519. The first kappa shape index (κ1) is 10.5. The van der Waals surface area contributed by atoms with E-state index >= 15 is 0 Å². The average Bonchev–Trinajstić information content (AvgIpc) is 2.04. The smallest absolute Gasteiger partial charge is 0.156 e. The third-order valence-electron chi connectivity index (χ3n) is 1.58. The van der Waals surface area contributed by atoms with Gasteiger partial charge in [0.1, 0.15) is 0 Å². The Labute approximate surface area is 87.8 Å². The lowest BCUT2D eigenvalue weighted by Gasteiger charge is -2.09. The van der Waals surface area contributed by atoms with Gasteiger partial charge in [0.25, 0.3) is 0 Å². The summed E-state index contributed by atoms with van der Waals surface area (Å²) in [6.45, 7) is 2.84. The minimum Gasteiger partial charge on any atom is -0.494 e. The lowest BCUT2D eigenvalue weighted by molar-refractivity contribution is 0.415. The molecule has 0 saturated carbocycles.